The van der Waals surface area contributed by atoms with Crippen LogP contribution in [0, 0.1) is 16.0 Å². The maximum atomic E-state index is 13.0. The summed E-state index contributed by atoms with van der Waals surface area (Å²) in [7, 11) is 0. The van der Waals surface area contributed by atoms with Crippen LogP contribution < -0.4 is 21.7 Å². The van der Waals surface area contributed by atoms with E-state index in [0.717, 1.165) is 5.56 Å². The molecule has 0 unspecified atom stereocenters. The number of benzene rings is 2. The Balaban J connectivity index is 2.20. The van der Waals surface area contributed by atoms with Gasteiger partial charge in [-0.05, 0) is 23.6 Å². The SMILES string of the molecule is CC(C)[C@H](NC(=O)CN)C(=O)N[C@@H](Cc1ccccc1)C(=O)Nc1ccc([N+](=O)[O-])cc1. The number of carbonyl (C=O) groups is 3. The molecule has 2 aromatic carbocycles. The van der Waals surface area contributed by atoms with Crippen molar-refractivity contribution in [2.75, 3.05) is 11.9 Å². The fourth-order valence-corrected chi connectivity index (χ4v) is 2.98. The van der Waals surface area contributed by atoms with Crippen LogP contribution in [0.4, 0.5) is 11.4 Å². The second-order valence-electron chi connectivity index (χ2n) is 7.54. The summed E-state index contributed by atoms with van der Waals surface area (Å²) in [6.45, 7) is 3.28. The lowest BCUT2D eigenvalue weighted by atomic mass is 10.0. The molecule has 0 aliphatic heterocycles. The van der Waals surface area contributed by atoms with Crippen molar-refractivity contribution in [3.8, 4) is 0 Å². The lowest BCUT2D eigenvalue weighted by Crippen LogP contribution is -2.55. The highest BCUT2D eigenvalue weighted by atomic mass is 16.6. The highest BCUT2D eigenvalue weighted by Crippen LogP contribution is 2.16. The van der Waals surface area contributed by atoms with E-state index in [1.807, 2.05) is 30.3 Å². The van der Waals surface area contributed by atoms with Crippen LogP contribution in [0.5, 0.6) is 0 Å². The minimum atomic E-state index is -0.948. The standard InChI is InChI=1S/C22H27N5O5/c1-14(2)20(26-19(28)13-23)22(30)25-18(12-15-6-4-3-5-7-15)21(29)24-16-8-10-17(11-9-16)27(31)32/h3-11,14,18,20H,12-13,23H2,1-2H3,(H,24,29)(H,25,30)(H,26,28)/t18-,20-/m0/s1. The van der Waals surface area contributed by atoms with Gasteiger partial charge in [0.25, 0.3) is 5.69 Å². The van der Waals surface area contributed by atoms with Gasteiger partial charge in [-0.25, -0.2) is 0 Å². The Kier molecular flexibility index (Phi) is 8.84. The summed E-state index contributed by atoms with van der Waals surface area (Å²) in [5.41, 5.74) is 6.41. The summed E-state index contributed by atoms with van der Waals surface area (Å²) in [4.78, 5) is 47.9. The lowest BCUT2D eigenvalue weighted by Gasteiger charge is -2.25. The second kappa shape index (κ2) is 11.6. The Bertz CT molecular complexity index is 947. The van der Waals surface area contributed by atoms with Crippen LogP contribution in [0.1, 0.15) is 19.4 Å². The normalized spacial score (nSPS) is 12.5. The molecule has 10 nitrogen and oxygen atoms in total. The highest BCUT2D eigenvalue weighted by Gasteiger charge is 2.29. The van der Waals surface area contributed by atoms with Gasteiger partial charge in [-0.1, -0.05) is 44.2 Å². The number of nitrogens with two attached hydrogens (primary N) is 1. The van der Waals surface area contributed by atoms with Gasteiger partial charge in [-0.3, -0.25) is 24.5 Å². The zero-order valence-electron chi connectivity index (χ0n) is 17.9. The highest BCUT2D eigenvalue weighted by molar-refractivity contribution is 5.98. The third-order valence-electron chi connectivity index (χ3n) is 4.71. The van der Waals surface area contributed by atoms with E-state index < -0.39 is 34.7 Å². The van der Waals surface area contributed by atoms with Gasteiger partial charge in [0.05, 0.1) is 11.5 Å². The quantitative estimate of drug-likeness (QED) is 0.322. The van der Waals surface area contributed by atoms with Gasteiger partial charge in [-0.2, -0.15) is 0 Å². The van der Waals surface area contributed by atoms with Gasteiger partial charge in [0.2, 0.25) is 17.7 Å². The molecular formula is C22H27N5O5. The maximum absolute atomic E-state index is 13.0. The molecule has 2 atom stereocenters. The molecule has 0 heterocycles. The van der Waals surface area contributed by atoms with E-state index in [2.05, 4.69) is 16.0 Å². The van der Waals surface area contributed by atoms with Crippen molar-refractivity contribution in [2.24, 2.45) is 11.7 Å². The number of nitrogens with one attached hydrogen (secondary N) is 3. The largest absolute Gasteiger partial charge is 0.343 e. The van der Waals surface area contributed by atoms with Crippen LogP contribution in [0.25, 0.3) is 0 Å². The van der Waals surface area contributed by atoms with Gasteiger partial charge < -0.3 is 21.7 Å². The number of nitro benzene ring substituents is 1. The summed E-state index contributed by atoms with van der Waals surface area (Å²) in [6, 6.07) is 12.7. The van der Waals surface area contributed by atoms with E-state index in [0.29, 0.717) is 5.69 Å². The summed E-state index contributed by atoms with van der Waals surface area (Å²) in [6.07, 6.45) is 0.209. The van der Waals surface area contributed by atoms with E-state index in [9.17, 15) is 24.5 Å². The predicted molar refractivity (Wildman–Crippen MR) is 120 cm³/mol. The Morgan fingerprint density at radius 1 is 0.969 bits per heavy atom. The first-order valence-electron chi connectivity index (χ1n) is 10.1. The first-order valence-corrected chi connectivity index (χ1v) is 10.1. The van der Waals surface area contributed by atoms with E-state index in [1.165, 1.54) is 24.3 Å². The number of nitro groups is 1. The Labute approximate surface area is 185 Å². The Morgan fingerprint density at radius 3 is 2.12 bits per heavy atom. The number of hydrogen-bond acceptors (Lipinski definition) is 6. The molecule has 0 spiro atoms. The maximum Gasteiger partial charge on any atom is 0.269 e. The van der Waals surface area contributed by atoms with Crippen LogP contribution in [-0.4, -0.2) is 41.3 Å². The average molecular weight is 441 g/mol. The molecule has 0 aliphatic rings. The molecule has 10 heteroatoms. The Hall–Kier alpha value is -3.79. The van der Waals surface area contributed by atoms with Crippen molar-refractivity contribution >= 4 is 29.1 Å². The number of anilines is 1. The third kappa shape index (κ3) is 7.17. The number of nitrogens with zero attached hydrogens (tertiary/aromatic N) is 1. The molecule has 0 aromatic heterocycles. The minimum absolute atomic E-state index is 0.104. The Morgan fingerprint density at radius 2 is 1.59 bits per heavy atom. The molecule has 0 radical (unpaired) electrons. The van der Waals surface area contributed by atoms with E-state index >= 15 is 0 Å². The van der Waals surface area contributed by atoms with Gasteiger partial charge in [-0.15, -0.1) is 0 Å². The molecule has 0 aliphatic carbocycles. The summed E-state index contributed by atoms with van der Waals surface area (Å²) in [5, 5.41) is 18.8. The van der Waals surface area contributed by atoms with Crippen molar-refractivity contribution in [2.45, 2.75) is 32.4 Å². The van der Waals surface area contributed by atoms with E-state index in [-0.39, 0.29) is 24.6 Å². The first-order chi connectivity index (χ1) is 15.2. The van der Waals surface area contributed by atoms with Gasteiger partial charge in [0.1, 0.15) is 12.1 Å². The smallest absolute Gasteiger partial charge is 0.269 e. The first kappa shape index (κ1) is 24.5. The van der Waals surface area contributed by atoms with E-state index in [4.69, 9.17) is 5.73 Å². The molecule has 0 bridgehead atoms. The number of carbonyl (C=O) groups excluding carboxylic acids is 3. The van der Waals surface area contributed by atoms with Crippen LogP contribution >= 0.6 is 0 Å². The fraction of sp³-hybridized carbons (Fsp3) is 0.318. The minimum Gasteiger partial charge on any atom is -0.343 e. The molecule has 0 fully saturated rings. The second-order valence-corrected chi connectivity index (χ2v) is 7.54. The number of non-ortho nitro benzene ring substituents is 1. The lowest BCUT2D eigenvalue weighted by molar-refractivity contribution is -0.384. The van der Waals surface area contributed by atoms with Crippen molar-refractivity contribution in [1.29, 1.82) is 0 Å². The van der Waals surface area contributed by atoms with Gasteiger partial charge in [0, 0.05) is 24.2 Å². The molecule has 0 saturated carbocycles. The number of amides is 3. The molecule has 5 N–H and O–H groups in total. The van der Waals surface area contributed by atoms with Crippen molar-refractivity contribution in [3.05, 3.63) is 70.3 Å². The van der Waals surface area contributed by atoms with Crippen molar-refractivity contribution in [1.82, 2.24) is 10.6 Å². The molecule has 170 valence electrons. The van der Waals surface area contributed by atoms with Crippen LogP contribution in [0.3, 0.4) is 0 Å². The number of hydrogen-bond donors (Lipinski definition) is 4. The molecule has 2 aromatic rings. The number of rotatable bonds is 10. The summed E-state index contributed by atoms with van der Waals surface area (Å²) >= 11 is 0. The molecule has 2 rings (SSSR count). The van der Waals surface area contributed by atoms with Gasteiger partial charge in [0.15, 0.2) is 0 Å². The zero-order chi connectivity index (χ0) is 23.7. The molecule has 32 heavy (non-hydrogen) atoms. The molecular weight excluding hydrogens is 414 g/mol. The topological polar surface area (TPSA) is 156 Å². The molecule has 3 amide bonds. The van der Waals surface area contributed by atoms with E-state index in [1.54, 1.807) is 13.8 Å². The monoisotopic (exact) mass is 441 g/mol. The van der Waals surface area contributed by atoms with Crippen LogP contribution in [0.2, 0.25) is 0 Å². The third-order valence-corrected chi connectivity index (χ3v) is 4.71. The van der Waals surface area contributed by atoms with Crippen molar-refractivity contribution in [3.63, 3.8) is 0 Å². The molecule has 0 saturated heterocycles. The van der Waals surface area contributed by atoms with Crippen molar-refractivity contribution < 1.29 is 19.3 Å². The predicted octanol–water partition coefficient (Wildman–Crippen LogP) is 1.36. The zero-order valence-corrected chi connectivity index (χ0v) is 17.9. The average Bonchev–Trinajstić information content (AvgIpc) is 2.77. The summed E-state index contributed by atoms with van der Waals surface area (Å²) < 4.78 is 0. The summed E-state index contributed by atoms with van der Waals surface area (Å²) in [5.74, 6) is -1.72. The fourth-order valence-electron chi connectivity index (χ4n) is 2.98. The van der Waals surface area contributed by atoms with Gasteiger partial charge >= 0.3 is 0 Å². The van der Waals surface area contributed by atoms with Crippen LogP contribution in [-0.2, 0) is 20.8 Å². The van der Waals surface area contributed by atoms with Crippen LogP contribution in [0.15, 0.2) is 54.6 Å².